The number of esters is 1. The number of carbonyl (C=O) groups excluding carboxylic acids is 2. The molecule has 0 fully saturated rings. The van der Waals surface area contributed by atoms with Crippen molar-refractivity contribution in [2.45, 2.75) is 20.3 Å². The molecule has 6 heteroatoms. The number of rotatable bonds is 8. The Morgan fingerprint density at radius 2 is 1.79 bits per heavy atom. The summed E-state index contributed by atoms with van der Waals surface area (Å²) in [4.78, 5) is 23.6. The SMILES string of the molecule is COC(=O)COc1c(C)cc(/C=C(/C#N)C(=O)NCCc2ccccc2)cc1C. The van der Waals surface area contributed by atoms with E-state index < -0.39 is 11.9 Å². The van der Waals surface area contributed by atoms with Crippen LogP contribution in [0.5, 0.6) is 5.75 Å². The van der Waals surface area contributed by atoms with Crippen LogP contribution in [0.25, 0.3) is 6.08 Å². The Morgan fingerprint density at radius 1 is 1.14 bits per heavy atom. The third-order valence-corrected chi connectivity index (χ3v) is 4.26. The summed E-state index contributed by atoms with van der Waals surface area (Å²) in [6.07, 6.45) is 2.23. The Bertz CT molecular complexity index is 920. The normalized spacial score (nSPS) is 10.8. The molecule has 0 saturated heterocycles. The summed E-state index contributed by atoms with van der Waals surface area (Å²) in [5.74, 6) is -0.296. The van der Waals surface area contributed by atoms with Gasteiger partial charge in [0.25, 0.3) is 5.91 Å². The monoisotopic (exact) mass is 392 g/mol. The Balaban J connectivity index is 2.06. The van der Waals surface area contributed by atoms with Gasteiger partial charge in [-0.2, -0.15) is 5.26 Å². The van der Waals surface area contributed by atoms with E-state index in [1.54, 1.807) is 18.2 Å². The first kappa shape index (κ1) is 21.7. The molecule has 0 spiro atoms. The van der Waals surface area contributed by atoms with Crippen molar-refractivity contribution < 1.29 is 19.1 Å². The number of nitrogens with one attached hydrogen (secondary N) is 1. The largest absolute Gasteiger partial charge is 0.481 e. The minimum Gasteiger partial charge on any atom is -0.481 e. The van der Waals surface area contributed by atoms with Gasteiger partial charge in [0.15, 0.2) is 6.61 Å². The van der Waals surface area contributed by atoms with Gasteiger partial charge >= 0.3 is 5.97 Å². The number of aryl methyl sites for hydroxylation is 2. The Kier molecular flexibility index (Phi) is 7.99. The van der Waals surface area contributed by atoms with Crippen LogP contribution in [-0.4, -0.2) is 32.1 Å². The third-order valence-electron chi connectivity index (χ3n) is 4.26. The van der Waals surface area contributed by atoms with E-state index in [0.717, 1.165) is 16.7 Å². The van der Waals surface area contributed by atoms with Crippen LogP contribution < -0.4 is 10.1 Å². The molecule has 2 aromatic carbocycles. The van der Waals surface area contributed by atoms with E-state index in [0.29, 0.717) is 24.3 Å². The highest BCUT2D eigenvalue weighted by atomic mass is 16.6. The molecule has 0 aliphatic rings. The molecule has 0 radical (unpaired) electrons. The highest BCUT2D eigenvalue weighted by molar-refractivity contribution is 6.01. The highest BCUT2D eigenvalue weighted by Crippen LogP contribution is 2.26. The van der Waals surface area contributed by atoms with Crippen LogP contribution in [0.2, 0.25) is 0 Å². The second kappa shape index (κ2) is 10.7. The van der Waals surface area contributed by atoms with Crippen molar-refractivity contribution in [1.82, 2.24) is 5.32 Å². The van der Waals surface area contributed by atoms with Crippen LogP contribution in [0.4, 0.5) is 0 Å². The standard InChI is InChI=1S/C23H24N2O4/c1-16-11-19(12-17(2)22(16)29-15-21(26)28-3)13-20(14-24)23(27)25-10-9-18-7-5-4-6-8-18/h4-8,11-13H,9-10,15H2,1-3H3,(H,25,27)/b20-13-. The molecule has 6 nitrogen and oxygen atoms in total. The summed E-state index contributed by atoms with van der Waals surface area (Å²) in [6.45, 7) is 3.94. The minimum atomic E-state index is -0.466. The topological polar surface area (TPSA) is 88.4 Å². The summed E-state index contributed by atoms with van der Waals surface area (Å²) in [6, 6.07) is 15.4. The van der Waals surface area contributed by atoms with Crippen LogP contribution >= 0.6 is 0 Å². The van der Waals surface area contributed by atoms with Crippen LogP contribution in [0, 0.1) is 25.2 Å². The van der Waals surface area contributed by atoms with Gasteiger partial charge in [-0.25, -0.2) is 4.79 Å². The first-order valence-corrected chi connectivity index (χ1v) is 9.19. The molecular formula is C23H24N2O4. The van der Waals surface area contributed by atoms with Gasteiger partial charge in [-0.3, -0.25) is 4.79 Å². The number of methoxy groups -OCH3 is 1. The molecule has 0 aliphatic carbocycles. The Hall–Kier alpha value is -3.59. The fourth-order valence-electron chi connectivity index (χ4n) is 2.86. The van der Waals surface area contributed by atoms with Crippen molar-refractivity contribution in [2.75, 3.05) is 20.3 Å². The molecule has 29 heavy (non-hydrogen) atoms. The third kappa shape index (κ3) is 6.51. The number of amides is 1. The van der Waals surface area contributed by atoms with Crippen molar-refractivity contribution in [3.8, 4) is 11.8 Å². The average molecular weight is 392 g/mol. The first-order valence-electron chi connectivity index (χ1n) is 9.19. The van der Waals surface area contributed by atoms with Crippen LogP contribution in [-0.2, 0) is 20.7 Å². The van der Waals surface area contributed by atoms with Gasteiger partial charge in [0.05, 0.1) is 7.11 Å². The minimum absolute atomic E-state index is 0.0279. The molecular weight excluding hydrogens is 368 g/mol. The lowest BCUT2D eigenvalue weighted by Crippen LogP contribution is -2.26. The van der Waals surface area contributed by atoms with Crippen molar-refractivity contribution in [3.05, 3.63) is 70.3 Å². The second-order valence-corrected chi connectivity index (χ2v) is 6.51. The van der Waals surface area contributed by atoms with E-state index >= 15 is 0 Å². The van der Waals surface area contributed by atoms with E-state index in [2.05, 4.69) is 10.1 Å². The van der Waals surface area contributed by atoms with Crippen LogP contribution in [0.15, 0.2) is 48.0 Å². The molecule has 2 rings (SSSR count). The van der Waals surface area contributed by atoms with Crippen molar-refractivity contribution >= 4 is 18.0 Å². The Morgan fingerprint density at radius 3 is 2.38 bits per heavy atom. The zero-order valence-corrected chi connectivity index (χ0v) is 16.8. The van der Waals surface area contributed by atoms with E-state index in [9.17, 15) is 14.9 Å². The smallest absolute Gasteiger partial charge is 0.343 e. The molecule has 0 aliphatic heterocycles. The van der Waals surface area contributed by atoms with Crippen molar-refractivity contribution in [2.24, 2.45) is 0 Å². The predicted octanol–water partition coefficient (Wildman–Crippen LogP) is 3.12. The molecule has 0 saturated carbocycles. The summed E-state index contributed by atoms with van der Waals surface area (Å²) < 4.78 is 10.1. The summed E-state index contributed by atoms with van der Waals surface area (Å²) in [5, 5.41) is 12.2. The van der Waals surface area contributed by atoms with E-state index in [1.807, 2.05) is 50.2 Å². The second-order valence-electron chi connectivity index (χ2n) is 6.51. The Labute approximate surface area is 170 Å². The lowest BCUT2D eigenvalue weighted by molar-refractivity contribution is -0.142. The maximum absolute atomic E-state index is 12.3. The molecule has 1 amide bonds. The zero-order valence-electron chi connectivity index (χ0n) is 16.8. The van der Waals surface area contributed by atoms with Crippen LogP contribution in [0.3, 0.4) is 0 Å². The lowest BCUT2D eigenvalue weighted by atomic mass is 10.0. The molecule has 0 unspecified atom stereocenters. The zero-order chi connectivity index (χ0) is 21.2. The predicted molar refractivity (Wildman–Crippen MR) is 110 cm³/mol. The number of hydrogen-bond donors (Lipinski definition) is 1. The lowest BCUT2D eigenvalue weighted by Gasteiger charge is -2.12. The molecule has 1 N–H and O–H groups in total. The maximum atomic E-state index is 12.3. The highest BCUT2D eigenvalue weighted by Gasteiger charge is 2.12. The van der Waals surface area contributed by atoms with Gasteiger partial charge in [-0.1, -0.05) is 30.3 Å². The van der Waals surface area contributed by atoms with Gasteiger partial charge in [0, 0.05) is 6.54 Å². The molecule has 0 aromatic heterocycles. The van der Waals surface area contributed by atoms with E-state index in [-0.39, 0.29) is 12.2 Å². The molecule has 0 atom stereocenters. The van der Waals surface area contributed by atoms with Gasteiger partial charge in [-0.05, 0) is 60.7 Å². The van der Waals surface area contributed by atoms with E-state index in [1.165, 1.54) is 7.11 Å². The number of nitrogens with zero attached hydrogens (tertiary/aromatic N) is 1. The fraction of sp³-hybridized carbons (Fsp3) is 0.261. The van der Waals surface area contributed by atoms with Crippen molar-refractivity contribution in [1.29, 1.82) is 5.26 Å². The number of carbonyl (C=O) groups is 2. The molecule has 150 valence electrons. The van der Waals surface area contributed by atoms with Gasteiger partial charge in [0.2, 0.25) is 0 Å². The van der Waals surface area contributed by atoms with Crippen LogP contribution in [0.1, 0.15) is 22.3 Å². The number of benzene rings is 2. The number of ether oxygens (including phenoxy) is 2. The van der Waals surface area contributed by atoms with Gasteiger partial charge in [-0.15, -0.1) is 0 Å². The van der Waals surface area contributed by atoms with Gasteiger partial charge in [0.1, 0.15) is 17.4 Å². The molecule has 0 bridgehead atoms. The quantitative estimate of drug-likeness (QED) is 0.424. The van der Waals surface area contributed by atoms with E-state index in [4.69, 9.17) is 4.74 Å². The summed E-state index contributed by atoms with van der Waals surface area (Å²) in [5.41, 5.74) is 3.44. The average Bonchev–Trinajstić information content (AvgIpc) is 2.71. The summed E-state index contributed by atoms with van der Waals surface area (Å²) in [7, 11) is 1.30. The van der Waals surface area contributed by atoms with Gasteiger partial charge < -0.3 is 14.8 Å². The maximum Gasteiger partial charge on any atom is 0.343 e. The molecule has 0 heterocycles. The molecule has 2 aromatic rings. The first-order chi connectivity index (χ1) is 13.9. The fourth-order valence-corrected chi connectivity index (χ4v) is 2.86. The summed E-state index contributed by atoms with van der Waals surface area (Å²) >= 11 is 0. The van der Waals surface area contributed by atoms with Crippen molar-refractivity contribution in [3.63, 3.8) is 0 Å². The number of hydrogen-bond acceptors (Lipinski definition) is 5. The number of nitriles is 1.